The molecule has 2 aromatic rings. The van der Waals surface area contributed by atoms with Crippen molar-refractivity contribution in [2.75, 3.05) is 25.5 Å². The molecular weight excluding hydrogens is 380 g/mol. The van der Waals surface area contributed by atoms with Gasteiger partial charge in [-0.1, -0.05) is 40.5 Å². The van der Waals surface area contributed by atoms with Gasteiger partial charge in [0.1, 0.15) is 4.83 Å². The van der Waals surface area contributed by atoms with E-state index in [1.807, 2.05) is 37.6 Å². The monoisotopic (exact) mass is 416 g/mol. The minimum atomic E-state index is -0.640. The zero-order valence-electron chi connectivity index (χ0n) is 18.8. The first-order valence-electron chi connectivity index (χ1n) is 10.8. The second-order valence-corrected chi connectivity index (χ2v) is 10.7. The number of pyridine rings is 1. The first-order chi connectivity index (χ1) is 13.7. The Bertz CT molecular complexity index is 852. The van der Waals surface area contributed by atoms with Crippen LogP contribution in [0.1, 0.15) is 70.9 Å². The predicted octanol–water partition coefficient (Wildman–Crippen LogP) is 5.96. The Hall–Kier alpha value is -1.66. The Morgan fingerprint density at radius 3 is 2.69 bits per heavy atom. The summed E-state index contributed by atoms with van der Waals surface area (Å²) in [5.41, 5.74) is 2.35. The molecule has 0 fully saturated rings. The van der Waals surface area contributed by atoms with Gasteiger partial charge in [-0.15, -0.1) is 11.3 Å². The van der Waals surface area contributed by atoms with Crippen molar-refractivity contribution in [3.8, 4) is 0 Å². The summed E-state index contributed by atoms with van der Waals surface area (Å²) >= 11 is 1.56. The van der Waals surface area contributed by atoms with Crippen molar-refractivity contribution in [1.29, 1.82) is 0 Å². The molecule has 5 nitrogen and oxygen atoms in total. The average molecular weight is 417 g/mol. The van der Waals surface area contributed by atoms with Crippen LogP contribution >= 0.6 is 11.3 Å². The summed E-state index contributed by atoms with van der Waals surface area (Å²) in [5, 5.41) is 12.2. The molecule has 3 rings (SSSR count). The molecule has 0 spiro atoms. The van der Waals surface area contributed by atoms with Gasteiger partial charge in [-0.05, 0) is 36.7 Å². The minimum absolute atomic E-state index is 0.381. The van der Waals surface area contributed by atoms with Crippen molar-refractivity contribution < 1.29 is 5.11 Å². The van der Waals surface area contributed by atoms with E-state index in [4.69, 9.17) is 4.99 Å². The zero-order valence-corrected chi connectivity index (χ0v) is 19.6. The highest BCUT2D eigenvalue weighted by atomic mass is 32.1. The Balaban J connectivity index is 1.78. The molecule has 1 N–H and O–H groups in total. The SMILES string of the molecule is CCCC(CCCC(C)(C)C)CN1C=Nc2c(sc3nccc(N(C)C)c23)C1O. The Morgan fingerprint density at radius 1 is 1.28 bits per heavy atom. The summed E-state index contributed by atoms with van der Waals surface area (Å²) in [6.07, 6.45) is 9.08. The highest BCUT2D eigenvalue weighted by Gasteiger charge is 2.29. The fourth-order valence-corrected chi connectivity index (χ4v) is 5.25. The lowest BCUT2D eigenvalue weighted by Crippen LogP contribution is -2.33. The molecule has 0 aromatic carbocycles. The van der Waals surface area contributed by atoms with Crippen molar-refractivity contribution in [1.82, 2.24) is 9.88 Å². The molecule has 1 aliphatic rings. The van der Waals surface area contributed by atoms with E-state index in [2.05, 4.69) is 37.6 Å². The van der Waals surface area contributed by atoms with Gasteiger partial charge in [-0.25, -0.2) is 9.98 Å². The van der Waals surface area contributed by atoms with E-state index in [1.165, 1.54) is 32.1 Å². The summed E-state index contributed by atoms with van der Waals surface area (Å²) in [6, 6.07) is 2.01. The van der Waals surface area contributed by atoms with E-state index >= 15 is 0 Å². The standard InChI is InChI=1S/C23H36N4OS/c1-7-9-16(10-8-12-23(2,3)4)14-27-15-25-19-18-17(26(5)6)11-13-24-21(18)29-20(19)22(27)28/h11,13,15-16,22,28H,7-10,12,14H2,1-6H3. The van der Waals surface area contributed by atoms with Gasteiger partial charge in [-0.3, -0.25) is 0 Å². The molecule has 0 saturated heterocycles. The van der Waals surface area contributed by atoms with Crippen LogP contribution in [0.5, 0.6) is 0 Å². The van der Waals surface area contributed by atoms with Gasteiger partial charge in [0.2, 0.25) is 0 Å². The molecule has 2 unspecified atom stereocenters. The van der Waals surface area contributed by atoms with Crippen molar-refractivity contribution in [2.45, 2.75) is 66.0 Å². The van der Waals surface area contributed by atoms with Gasteiger partial charge in [0.25, 0.3) is 0 Å². The maximum Gasteiger partial charge on any atom is 0.165 e. The van der Waals surface area contributed by atoms with Crippen LogP contribution in [0.4, 0.5) is 11.4 Å². The molecule has 0 bridgehead atoms. The minimum Gasteiger partial charge on any atom is -0.377 e. The van der Waals surface area contributed by atoms with Gasteiger partial charge < -0.3 is 14.9 Å². The van der Waals surface area contributed by atoms with Crippen molar-refractivity contribution in [3.05, 3.63) is 17.1 Å². The van der Waals surface area contributed by atoms with Crippen LogP contribution in [-0.2, 0) is 0 Å². The molecule has 6 heteroatoms. The van der Waals surface area contributed by atoms with Crippen molar-refractivity contribution in [2.24, 2.45) is 16.3 Å². The molecular formula is C23H36N4OS. The number of aliphatic hydroxyl groups excluding tert-OH is 1. The second kappa shape index (κ2) is 9.00. The number of nitrogens with zero attached hydrogens (tertiary/aromatic N) is 4. The first-order valence-corrected chi connectivity index (χ1v) is 11.6. The molecule has 0 saturated carbocycles. The first kappa shape index (κ1) is 22.0. The average Bonchev–Trinajstić information content (AvgIpc) is 3.02. The summed E-state index contributed by atoms with van der Waals surface area (Å²) < 4.78 is 0. The van der Waals surface area contributed by atoms with Gasteiger partial charge in [0, 0.05) is 26.8 Å². The van der Waals surface area contributed by atoms with Gasteiger partial charge in [-0.2, -0.15) is 0 Å². The molecule has 29 heavy (non-hydrogen) atoms. The molecule has 2 atom stereocenters. The van der Waals surface area contributed by atoms with E-state index in [-0.39, 0.29) is 0 Å². The van der Waals surface area contributed by atoms with Crippen molar-refractivity contribution >= 4 is 39.3 Å². The Morgan fingerprint density at radius 2 is 2.03 bits per heavy atom. The fourth-order valence-electron chi connectivity index (χ4n) is 4.13. The summed E-state index contributed by atoms with van der Waals surface area (Å²) in [5.74, 6) is 0.579. The second-order valence-electron chi connectivity index (χ2n) is 9.64. The highest BCUT2D eigenvalue weighted by molar-refractivity contribution is 7.19. The van der Waals surface area contributed by atoms with Crippen molar-refractivity contribution in [3.63, 3.8) is 0 Å². The van der Waals surface area contributed by atoms with Crippen LogP contribution < -0.4 is 4.90 Å². The lowest BCUT2D eigenvalue weighted by molar-refractivity contribution is 0.0456. The third-order valence-corrected chi connectivity index (χ3v) is 6.77. The number of hydrogen-bond donors (Lipinski definition) is 1. The molecule has 160 valence electrons. The normalized spacial score (nSPS) is 17.6. The van der Waals surface area contributed by atoms with E-state index in [1.54, 1.807) is 11.3 Å². The molecule has 1 aliphatic heterocycles. The van der Waals surface area contributed by atoms with Crippen LogP contribution in [0.2, 0.25) is 0 Å². The van der Waals surface area contributed by atoms with E-state index in [0.29, 0.717) is 11.3 Å². The summed E-state index contributed by atoms with van der Waals surface area (Å²) in [4.78, 5) is 15.3. The molecule has 0 amide bonds. The number of fused-ring (bicyclic) bond motifs is 3. The van der Waals surface area contributed by atoms with E-state index in [9.17, 15) is 5.11 Å². The van der Waals surface area contributed by atoms with Crippen LogP contribution in [0.15, 0.2) is 17.3 Å². The van der Waals surface area contributed by atoms with Crippen LogP contribution in [0.25, 0.3) is 10.2 Å². The Kier molecular flexibility index (Phi) is 6.84. The zero-order chi connectivity index (χ0) is 21.2. The third-order valence-electron chi connectivity index (χ3n) is 5.64. The smallest absolute Gasteiger partial charge is 0.165 e. The number of rotatable bonds is 8. The molecule has 0 aliphatic carbocycles. The predicted molar refractivity (Wildman–Crippen MR) is 125 cm³/mol. The van der Waals surface area contributed by atoms with E-state index in [0.717, 1.165) is 33.0 Å². The fraction of sp³-hybridized carbons (Fsp3) is 0.652. The van der Waals surface area contributed by atoms with Gasteiger partial charge in [0.05, 0.1) is 28.0 Å². The van der Waals surface area contributed by atoms with E-state index < -0.39 is 6.23 Å². The quantitative estimate of drug-likeness (QED) is 0.577. The number of thiophene rings is 1. The number of anilines is 1. The van der Waals surface area contributed by atoms with Crippen LogP contribution in [-0.4, -0.2) is 42.0 Å². The lowest BCUT2D eigenvalue weighted by Gasteiger charge is -2.32. The highest BCUT2D eigenvalue weighted by Crippen LogP contribution is 2.46. The largest absolute Gasteiger partial charge is 0.377 e. The van der Waals surface area contributed by atoms with Crippen LogP contribution in [0, 0.1) is 11.3 Å². The number of aliphatic hydroxyl groups is 1. The summed E-state index contributed by atoms with van der Waals surface area (Å²) in [6.45, 7) is 10.0. The molecule has 2 aromatic heterocycles. The van der Waals surface area contributed by atoms with Crippen LogP contribution in [0.3, 0.4) is 0 Å². The Labute approximate surface area is 179 Å². The maximum atomic E-state index is 11.1. The number of aliphatic imine (C=N–C) groups is 1. The van der Waals surface area contributed by atoms with Gasteiger partial charge >= 0.3 is 0 Å². The number of aromatic nitrogens is 1. The topological polar surface area (TPSA) is 52.0 Å². The van der Waals surface area contributed by atoms with Gasteiger partial charge in [0.15, 0.2) is 6.23 Å². The summed E-state index contributed by atoms with van der Waals surface area (Å²) in [7, 11) is 4.06. The maximum absolute atomic E-state index is 11.1. The number of hydrogen-bond acceptors (Lipinski definition) is 6. The molecule has 3 heterocycles. The third kappa shape index (κ3) is 5.10. The molecule has 0 radical (unpaired) electrons. The lowest BCUT2D eigenvalue weighted by atomic mass is 9.87.